The molecule has 2 heterocycles. The lowest BCUT2D eigenvalue weighted by Gasteiger charge is -2.27. The van der Waals surface area contributed by atoms with Gasteiger partial charge in [-0.05, 0) is 30.0 Å². The van der Waals surface area contributed by atoms with E-state index in [0.29, 0.717) is 15.6 Å². The Labute approximate surface area is 126 Å². The standard InChI is InChI=1S/C14H15N3O3S/c18-10-2-1-9(11(19)8-10)7-12-13(20)16-14(21-12)17-5-3-15-4-6-17/h1-2,7-8,15,18-19H,3-6H2/b12-7-. The van der Waals surface area contributed by atoms with Gasteiger partial charge in [0, 0.05) is 37.8 Å². The third-order valence-electron chi connectivity index (χ3n) is 3.30. The van der Waals surface area contributed by atoms with E-state index in [-0.39, 0.29) is 17.4 Å². The zero-order valence-corrected chi connectivity index (χ0v) is 12.1. The van der Waals surface area contributed by atoms with Crippen LogP contribution in [0.1, 0.15) is 5.56 Å². The minimum absolute atomic E-state index is 0.0159. The van der Waals surface area contributed by atoms with E-state index in [4.69, 9.17) is 0 Å². The molecule has 0 unspecified atom stereocenters. The number of hydrogen-bond donors (Lipinski definition) is 3. The van der Waals surface area contributed by atoms with Crippen molar-refractivity contribution in [3.63, 3.8) is 0 Å². The first-order valence-corrected chi connectivity index (χ1v) is 7.45. The fourth-order valence-electron chi connectivity index (χ4n) is 2.18. The third-order valence-corrected chi connectivity index (χ3v) is 4.34. The molecular weight excluding hydrogens is 290 g/mol. The third kappa shape index (κ3) is 3.03. The quantitative estimate of drug-likeness (QED) is 0.671. The second-order valence-electron chi connectivity index (χ2n) is 4.79. The van der Waals surface area contributed by atoms with Gasteiger partial charge >= 0.3 is 0 Å². The zero-order valence-electron chi connectivity index (χ0n) is 11.2. The van der Waals surface area contributed by atoms with E-state index < -0.39 is 0 Å². The SMILES string of the molecule is O=C1N=C(N2CCNCC2)S/C1=C\c1ccc(O)cc1O. The first-order valence-electron chi connectivity index (χ1n) is 6.64. The van der Waals surface area contributed by atoms with Crippen molar-refractivity contribution >= 4 is 28.9 Å². The fourth-order valence-corrected chi connectivity index (χ4v) is 3.14. The Bertz CT molecular complexity index is 636. The highest BCUT2D eigenvalue weighted by molar-refractivity contribution is 8.18. The number of amides is 1. The van der Waals surface area contributed by atoms with Crippen molar-refractivity contribution in [2.45, 2.75) is 0 Å². The number of hydrogen-bond acceptors (Lipinski definition) is 6. The van der Waals surface area contributed by atoms with Gasteiger partial charge in [-0.1, -0.05) is 0 Å². The van der Waals surface area contributed by atoms with Crippen molar-refractivity contribution in [2.24, 2.45) is 4.99 Å². The monoisotopic (exact) mass is 305 g/mol. The summed E-state index contributed by atoms with van der Waals surface area (Å²) in [6.45, 7) is 3.42. The average Bonchev–Trinajstić information content (AvgIpc) is 2.84. The number of carbonyl (C=O) groups is 1. The maximum Gasteiger partial charge on any atom is 0.286 e. The molecule has 0 aliphatic carbocycles. The predicted octanol–water partition coefficient (Wildman–Crippen LogP) is 0.973. The highest BCUT2D eigenvalue weighted by Crippen LogP contribution is 2.33. The number of piperazine rings is 1. The first kappa shape index (κ1) is 14.0. The van der Waals surface area contributed by atoms with E-state index in [1.54, 1.807) is 12.1 Å². The second kappa shape index (κ2) is 5.79. The zero-order chi connectivity index (χ0) is 14.8. The molecule has 0 bridgehead atoms. The molecule has 0 saturated carbocycles. The summed E-state index contributed by atoms with van der Waals surface area (Å²) in [6, 6.07) is 4.27. The Balaban J connectivity index is 1.79. The molecule has 0 atom stereocenters. The summed E-state index contributed by atoms with van der Waals surface area (Å²) in [5.74, 6) is -0.370. The van der Waals surface area contributed by atoms with Crippen LogP contribution in [0.3, 0.4) is 0 Å². The van der Waals surface area contributed by atoms with Crippen LogP contribution in [-0.2, 0) is 4.79 Å². The van der Waals surface area contributed by atoms with E-state index in [1.165, 1.54) is 23.9 Å². The number of rotatable bonds is 1. The number of amidine groups is 1. The Morgan fingerprint density at radius 2 is 2.05 bits per heavy atom. The molecular formula is C14H15N3O3S. The van der Waals surface area contributed by atoms with E-state index >= 15 is 0 Å². The highest BCUT2D eigenvalue weighted by atomic mass is 32.2. The van der Waals surface area contributed by atoms with Gasteiger partial charge in [-0.25, -0.2) is 0 Å². The Morgan fingerprint density at radius 1 is 1.29 bits per heavy atom. The van der Waals surface area contributed by atoms with Crippen molar-refractivity contribution < 1.29 is 15.0 Å². The van der Waals surface area contributed by atoms with Crippen LogP contribution in [0, 0.1) is 0 Å². The molecule has 3 rings (SSSR count). The summed E-state index contributed by atoms with van der Waals surface area (Å²) in [5.41, 5.74) is 0.486. The summed E-state index contributed by atoms with van der Waals surface area (Å²) in [5, 5.41) is 23.0. The minimum Gasteiger partial charge on any atom is -0.508 e. The molecule has 3 N–H and O–H groups in total. The Morgan fingerprint density at radius 3 is 2.76 bits per heavy atom. The van der Waals surface area contributed by atoms with Gasteiger partial charge in [-0.15, -0.1) is 0 Å². The van der Waals surface area contributed by atoms with Gasteiger partial charge in [0.25, 0.3) is 5.91 Å². The van der Waals surface area contributed by atoms with Crippen LogP contribution < -0.4 is 5.32 Å². The summed E-state index contributed by atoms with van der Waals surface area (Å²) in [6.07, 6.45) is 1.60. The maximum absolute atomic E-state index is 12.0. The normalized spacial score (nSPS) is 21.0. The molecule has 2 aliphatic heterocycles. The number of nitrogens with zero attached hydrogens (tertiary/aromatic N) is 2. The second-order valence-corrected chi connectivity index (χ2v) is 5.80. The van der Waals surface area contributed by atoms with Crippen LogP contribution in [0.4, 0.5) is 0 Å². The molecule has 6 nitrogen and oxygen atoms in total. The van der Waals surface area contributed by atoms with Gasteiger partial charge in [0.15, 0.2) is 5.17 Å². The molecule has 21 heavy (non-hydrogen) atoms. The van der Waals surface area contributed by atoms with Crippen molar-refractivity contribution in [3.8, 4) is 11.5 Å². The lowest BCUT2D eigenvalue weighted by atomic mass is 10.2. The van der Waals surface area contributed by atoms with E-state index in [1.807, 2.05) is 0 Å². The van der Waals surface area contributed by atoms with Crippen molar-refractivity contribution in [3.05, 3.63) is 28.7 Å². The van der Waals surface area contributed by atoms with E-state index in [2.05, 4.69) is 15.2 Å². The molecule has 0 spiro atoms. The molecule has 1 saturated heterocycles. The molecule has 1 amide bonds. The largest absolute Gasteiger partial charge is 0.508 e. The minimum atomic E-state index is -0.291. The summed E-state index contributed by atoms with van der Waals surface area (Å²) in [4.78, 5) is 18.6. The van der Waals surface area contributed by atoms with Gasteiger partial charge in [0.2, 0.25) is 0 Å². The lowest BCUT2D eigenvalue weighted by molar-refractivity contribution is -0.113. The van der Waals surface area contributed by atoms with E-state index in [9.17, 15) is 15.0 Å². The maximum atomic E-state index is 12.0. The predicted molar refractivity (Wildman–Crippen MR) is 82.2 cm³/mol. The average molecular weight is 305 g/mol. The Kier molecular flexibility index (Phi) is 3.85. The molecule has 0 aromatic heterocycles. The molecule has 110 valence electrons. The summed E-state index contributed by atoms with van der Waals surface area (Å²) < 4.78 is 0. The number of aliphatic imine (C=N–C) groups is 1. The van der Waals surface area contributed by atoms with Crippen LogP contribution in [0.15, 0.2) is 28.1 Å². The van der Waals surface area contributed by atoms with Gasteiger partial charge in [0.1, 0.15) is 11.5 Å². The number of phenols is 2. The van der Waals surface area contributed by atoms with Crippen molar-refractivity contribution in [1.29, 1.82) is 0 Å². The van der Waals surface area contributed by atoms with Gasteiger partial charge in [-0.3, -0.25) is 4.79 Å². The van der Waals surface area contributed by atoms with Crippen LogP contribution in [0.5, 0.6) is 11.5 Å². The number of phenolic OH excluding ortho intramolecular Hbond substituents is 2. The van der Waals surface area contributed by atoms with Crippen LogP contribution in [-0.4, -0.2) is 52.4 Å². The van der Waals surface area contributed by atoms with Gasteiger partial charge < -0.3 is 20.4 Å². The number of thioether (sulfide) groups is 1. The van der Waals surface area contributed by atoms with Crippen molar-refractivity contribution in [1.82, 2.24) is 10.2 Å². The van der Waals surface area contributed by atoms with Crippen molar-refractivity contribution in [2.75, 3.05) is 26.2 Å². The first-order chi connectivity index (χ1) is 10.1. The Hall–Kier alpha value is -1.99. The lowest BCUT2D eigenvalue weighted by Crippen LogP contribution is -2.45. The molecule has 1 aromatic rings. The molecule has 2 aliphatic rings. The summed E-state index contributed by atoms with van der Waals surface area (Å²) in [7, 11) is 0. The van der Waals surface area contributed by atoms with Crippen LogP contribution >= 0.6 is 11.8 Å². The number of aromatic hydroxyl groups is 2. The highest BCUT2D eigenvalue weighted by Gasteiger charge is 2.27. The molecule has 1 fully saturated rings. The van der Waals surface area contributed by atoms with Gasteiger partial charge in [0.05, 0.1) is 4.91 Å². The van der Waals surface area contributed by atoms with Crippen LogP contribution in [0.25, 0.3) is 6.08 Å². The number of carbonyl (C=O) groups excluding carboxylic acids is 1. The molecule has 1 aromatic carbocycles. The van der Waals surface area contributed by atoms with Gasteiger partial charge in [-0.2, -0.15) is 4.99 Å². The smallest absolute Gasteiger partial charge is 0.286 e. The van der Waals surface area contributed by atoms with E-state index in [0.717, 1.165) is 26.2 Å². The topological polar surface area (TPSA) is 85.2 Å². The fraction of sp³-hybridized carbons (Fsp3) is 0.286. The molecule has 7 heteroatoms. The summed E-state index contributed by atoms with van der Waals surface area (Å²) >= 11 is 1.32. The number of benzene rings is 1. The molecule has 0 radical (unpaired) electrons. The van der Waals surface area contributed by atoms with Crippen LogP contribution in [0.2, 0.25) is 0 Å². The number of nitrogens with one attached hydrogen (secondary N) is 1.